The molecule has 0 fully saturated rings. The zero-order valence-electron chi connectivity index (χ0n) is 27.0. The molecule has 0 aliphatic heterocycles. The summed E-state index contributed by atoms with van der Waals surface area (Å²) in [6.45, 7) is 7.81. The Labute approximate surface area is 266 Å². The lowest BCUT2D eigenvalue weighted by Gasteiger charge is -2.14. The van der Waals surface area contributed by atoms with Crippen LogP contribution in [0.5, 0.6) is 11.5 Å². The molecule has 0 radical (unpaired) electrons. The van der Waals surface area contributed by atoms with Crippen LogP contribution in [0, 0.1) is 0 Å². The zero-order chi connectivity index (χ0) is 32.4. The van der Waals surface area contributed by atoms with E-state index in [2.05, 4.69) is 16.9 Å². The molecule has 45 heavy (non-hydrogen) atoms. The molecule has 2 aromatic carbocycles. The van der Waals surface area contributed by atoms with Crippen LogP contribution in [0.15, 0.2) is 60.9 Å². The SMILES string of the molecule is CCCCCCCCCCCCOc1ccc(-c2ncc(C(=O)Oc3ccc(C(=O)O[C@@H](C)C(=O)OC(C)C)cc3)cn2)cc1. The number of nitrogens with zero attached hydrogens (tertiary/aromatic N) is 2. The molecule has 0 N–H and O–H groups in total. The smallest absolute Gasteiger partial charge is 0.347 e. The molecule has 0 aliphatic carbocycles. The van der Waals surface area contributed by atoms with E-state index in [1.54, 1.807) is 13.8 Å². The second-order valence-electron chi connectivity index (χ2n) is 11.3. The van der Waals surface area contributed by atoms with Gasteiger partial charge in [0.15, 0.2) is 11.9 Å². The molecular formula is C36H46N2O7. The van der Waals surface area contributed by atoms with Gasteiger partial charge < -0.3 is 18.9 Å². The van der Waals surface area contributed by atoms with Gasteiger partial charge in [0.2, 0.25) is 0 Å². The Hall–Kier alpha value is -4.27. The summed E-state index contributed by atoms with van der Waals surface area (Å²) in [5, 5.41) is 0. The molecule has 242 valence electrons. The van der Waals surface area contributed by atoms with E-state index in [9.17, 15) is 14.4 Å². The Morgan fingerprint density at radius 3 is 1.78 bits per heavy atom. The third kappa shape index (κ3) is 12.7. The molecular weight excluding hydrogens is 572 g/mol. The van der Waals surface area contributed by atoms with Crippen LogP contribution >= 0.6 is 0 Å². The first-order valence-electron chi connectivity index (χ1n) is 16.1. The third-order valence-electron chi connectivity index (χ3n) is 7.03. The summed E-state index contributed by atoms with van der Waals surface area (Å²) in [7, 11) is 0. The van der Waals surface area contributed by atoms with E-state index in [0.717, 1.165) is 17.7 Å². The monoisotopic (exact) mass is 618 g/mol. The largest absolute Gasteiger partial charge is 0.494 e. The summed E-state index contributed by atoms with van der Waals surface area (Å²) in [6, 6.07) is 13.4. The first-order valence-corrected chi connectivity index (χ1v) is 16.1. The predicted octanol–water partition coefficient (Wildman–Crippen LogP) is 8.16. The molecule has 0 bridgehead atoms. The lowest BCUT2D eigenvalue weighted by molar-refractivity contribution is -0.156. The van der Waals surface area contributed by atoms with Crippen molar-refractivity contribution in [1.82, 2.24) is 9.97 Å². The molecule has 0 spiro atoms. The van der Waals surface area contributed by atoms with Gasteiger partial charge in [-0.05, 0) is 75.7 Å². The number of unbranched alkanes of at least 4 members (excludes halogenated alkanes) is 9. The van der Waals surface area contributed by atoms with Crippen molar-refractivity contribution in [2.75, 3.05) is 6.61 Å². The number of esters is 3. The van der Waals surface area contributed by atoms with E-state index in [1.165, 1.54) is 101 Å². The number of ether oxygens (including phenoxy) is 4. The van der Waals surface area contributed by atoms with E-state index in [-0.39, 0.29) is 23.0 Å². The minimum Gasteiger partial charge on any atom is -0.494 e. The van der Waals surface area contributed by atoms with Crippen LogP contribution in [0.4, 0.5) is 0 Å². The van der Waals surface area contributed by atoms with Crippen LogP contribution < -0.4 is 9.47 Å². The second kappa shape index (κ2) is 19.2. The average Bonchev–Trinajstić information content (AvgIpc) is 3.04. The Kier molecular flexibility index (Phi) is 15.0. The van der Waals surface area contributed by atoms with E-state index in [1.807, 2.05) is 24.3 Å². The fourth-order valence-electron chi connectivity index (χ4n) is 4.49. The van der Waals surface area contributed by atoms with Crippen molar-refractivity contribution in [3.05, 3.63) is 72.1 Å². The van der Waals surface area contributed by atoms with Gasteiger partial charge in [-0.3, -0.25) is 0 Å². The highest BCUT2D eigenvalue weighted by atomic mass is 16.6. The van der Waals surface area contributed by atoms with Gasteiger partial charge in [-0.2, -0.15) is 0 Å². The molecule has 0 unspecified atom stereocenters. The number of carbonyl (C=O) groups is 3. The van der Waals surface area contributed by atoms with Crippen molar-refractivity contribution < 1.29 is 33.3 Å². The van der Waals surface area contributed by atoms with E-state index in [0.29, 0.717) is 12.4 Å². The lowest BCUT2D eigenvalue weighted by atomic mass is 10.1. The quantitative estimate of drug-likeness (QED) is 0.0745. The molecule has 3 aromatic rings. The van der Waals surface area contributed by atoms with E-state index < -0.39 is 24.0 Å². The van der Waals surface area contributed by atoms with E-state index >= 15 is 0 Å². The summed E-state index contributed by atoms with van der Waals surface area (Å²) < 4.78 is 21.5. The molecule has 0 saturated heterocycles. The summed E-state index contributed by atoms with van der Waals surface area (Å²) in [4.78, 5) is 45.5. The van der Waals surface area contributed by atoms with Gasteiger partial charge in [0.05, 0.1) is 23.8 Å². The highest BCUT2D eigenvalue weighted by molar-refractivity contribution is 5.92. The van der Waals surface area contributed by atoms with Crippen molar-refractivity contribution >= 4 is 17.9 Å². The third-order valence-corrected chi connectivity index (χ3v) is 7.03. The van der Waals surface area contributed by atoms with Gasteiger partial charge in [-0.15, -0.1) is 0 Å². The summed E-state index contributed by atoms with van der Waals surface area (Å²) in [6.07, 6.45) is 14.3. The van der Waals surface area contributed by atoms with Crippen molar-refractivity contribution in [2.24, 2.45) is 0 Å². The number of rotatable bonds is 19. The van der Waals surface area contributed by atoms with Crippen LogP contribution in [0.1, 0.15) is 113 Å². The molecule has 0 amide bonds. The maximum Gasteiger partial charge on any atom is 0.347 e. The fraction of sp³-hybridized carbons (Fsp3) is 0.472. The average molecular weight is 619 g/mol. The standard InChI is InChI=1S/C36H46N2O7/c1-5-6-7-8-9-10-11-12-13-14-23-42-31-19-15-28(16-20-31)33-37-24-30(25-38-33)36(41)45-32-21-17-29(18-22-32)35(40)44-27(4)34(39)43-26(2)3/h15-22,24-27H,5-14,23H2,1-4H3/t27-/m0/s1. The highest BCUT2D eigenvalue weighted by Gasteiger charge is 2.21. The molecule has 0 aliphatic rings. The molecule has 3 rings (SSSR count). The first kappa shape index (κ1) is 35.2. The van der Waals surface area contributed by atoms with Gasteiger partial charge in [0.1, 0.15) is 11.5 Å². The van der Waals surface area contributed by atoms with Crippen LogP contribution in [0.3, 0.4) is 0 Å². The zero-order valence-corrected chi connectivity index (χ0v) is 27.0. The van der Waals surface area contributed by atoms with Crippen LogP contribution in [-0.2, 0) is 14.3 Å². The Balaban J connectivity index is 1.39. The summed E-state index contributed by atoms with van der Waals surface area (Å²) >= 11 is 0. The second-order valence-corrected chi connectivity index (χ2v) is 11.3. The van der Waals surface area contributed by atoms with Crippen molar-refractivity contribution in [2.45, 2.75) is 104 Å². The maximum atomic E-state index is 12.6. The van der Waals surface area contributed by atoms with Crippen LogP contribution in [0.2, 0.25) is 0 Å². The van der Waals surface area contributed by atoms with Gasteiger partial charge in [-0.25, -0.2) is 24.4 Å². The minimum atomic E-state index is -1.05. The van der Waals surface area contributed by atoms with Crippen LogP contribution in [0.25, 0.3) is 11.4 Å². The minimum absolute atomic E-state index is 0.177. The first-order chi connectivity index (χ1) is 21.8. The normalized spacial score (nSPS) is 11.6. The lowest BCUT2D eigenvalue weighted by Crippen LogP contribution is -2.28. The number of benzene rings is 2. The number of carbonyl (C=O) groups excluding carboxylic acids is 3. The summed E-state index contributed by atoms with van der Waals surface area (Å²) in [5.41, 5.74) is 1.17. The number of hydrogen-bond acceptors (Lipinski definition) is 9. The van der Waals surface area contributed by atoms with Gasteiger partial charge in [0, 0.05) is 18.0 Å². The number of aromatic nitrogens is 2. The van der Waals surface area contributed by atoms with Crippen LogP contribution in [-0.4, -0.2) is 46.7 Å². The van der Waals surface area contributed by atoms with Crippen molar-refractivity contribution in [3.63, 3.8) is 0 Å². The molecule has 9 nitrogen and oxygen atoms in total. The van der Waals surface area contributed by atoms with Gasteiger partial charge >= 0.3 is 17.9 Å². The molecule has 1 atom stereocenters. The van der Waals surface area contributed by atoms with E-state index in [4.69, 9.17) is 18.9 Å². The van der Waals surface area contributed by atoms with Crippen molar-refractivity contribution in [3.8, 4) is 22.9 Å². The predicted molar refractivity (Wildman–Crippen MR) is 172 cm³/mol. The maximum absolute atomic E-state index is 12.6. The number of hydrogen-bond donors (Lipinski definition) is 0. The molecule has 1 heterocycles. The Morgan fingerprint density at radius 1 is 0.644 bits per heavy atom. The van der Waals surface area contributed by atoms with Crippen molar-refractivity contribution in [1.29, 1.82) is 0 Å². The highest BCUT2D eigenvalue weighted by Crippen LogP contribution is 2.21. The van der Waals surface area contributed by atoms with Gasteiger partial charge in [0.25, 0.3) is 0 Å². The Morgan fingerprint density at radius 2 is 1.20 bits per heavy atom. The Bertz CT molecular complexity index is 1320. The fourth-order valence-corrected chi connectivity index (χ4v) is 4.49. The summed E-state index contributed by atoms with van der Waals surface area (Å²) in [5.74, 6) is -0.463. The molecule has 0 saturated carbocycles. The molecule has 1 aromatic heterocycles. The van der Waals surface area contributed by atoms with Gasteiger partial charge in [-0.1, -0.05) is 64.7 Å². The molecule has 9 heteroatoms. The topological polar surface area (TPSA) is 114 Å².